The van der Waals surface area contributed by atoms with Gasteiger partial charge >= 0.3 is 0 Å². The molecule has 2 rings (SSSR count). The maximum absolute atomic E-state index is 6.42. The molecule has 1 heterocycles. The molecular formula is C12H20ClN3. The van der Waals surface area contributed by atoms with E-state index in [9.17, 15) is 0 Å². The van der Waals surface area contributed by atoms with Gasteiger partial charge in [-0.3, -0.25) is 4.68 Å². The maximum Gasteiger partial charge on any atom is 0.138 e. The molecule has 0 aliphatic heterocycles. The zero-order chi connectivity index (χ0) is 11.5. The molecule has 1 saturated carbocycles. The minimum Gasteiger partial charge on any atom is -0.253 e. The van der Waals surface area contributed by atoms with Crippen LogP contribution in [-0.2, 0) is 13.5 Å². The lowest BCUT2D eigenvalue weighted by Gasteiger charge is -2.32. The second-order valence-corrected chi connectivity index (χ2v) is 5.43. The highest BCUT2D eigenvalue weighted by Gasteiger charge is 2.29. The third-order valence-corrected chi connectivity index (χ3v) is 4.40. The summed E-state index contributed by atoms with van der Waals surface area (Å²) in [6.45, 7) is 2.28. The minimum atomic E-state index is 0.319. The Labute approximate surface area is 102 Å². The fraction of sp³-hybridized carbons (Fsp3) is 0.833. The molecule has 1 aliphatic carbocycles. The number of hydrogen-bond acceptors (Lipinski definition) is 2. The molecule has 1 aliphatic rings. The van der Waals surface area contributed by atoms with Crippen LogP contribution in [-0.4, -0.2) is 20.1 Å². The third kappa shape index (κ3) is 2.57. The summed E-state index contributed by atoms with van der Waals surface area (Å²) >= 11 is 6.42. The highest BCUT2D eigenvalue weighted by Crippen LogP contribution is 2.35. The van der Waals surface area contributed by atoms with Crippen LogP contribution in [0.1, 0.15) is 38.4 Å². The lowest BCUT2D eigenvalue weighted by molar-refractivity contribution is 0.260. The predicted octanol–water partition coefficient (Wildman–Crippen LogP) is 2.79. The van der Waals surface area contributed by atoms with E-state index >= 15 is 0 Å². The van der Waals surface area contributed by atoms with Crippen LogP contribution < -0.4 is 0 Å². The van der Waals surface area contributed by atoms with E-state index < -0.39 is 0 Å². The molecule has 3 unspecified atom stereocenters. The van der Waals surface area contributed by atoms with Gasteiger partial charge in [0, 0.05) is 18.8 Å². The molecule has 16 heavy (non-hydrogen) atoms. The van der Waals surface area contributed by atoms with Gasteiger partial charge in [0.05, 0.1) is 0 Å². The van der Waals surface area contributed by atoms with Crippen molar-refractivity contribution in [3.05, 3.63) is 12.2 Å². The first-order valence-corrected chi connectivity index (χ1v) is 6.61. The van der Waals surface area contributed by atoms with Crippen LogP contribution in [0.2, 0.25) is 0 Å². The third-order valence-electron chi connectivity index (χ3n) is 3.83. The van der Waals surface area contributed by atoms with Gasteiger partial charge in [0.2, 0.25) is 0 Å². The van der Waals surface area contributed by atoms with Crippen molar-refractivity contribution in [2.45, 2.75) is 44.4 Å². The van der Waals surface area contributed by atoms with E-state index in [0.29, 0.717) is 11.3 Å². The number of rotatable bonds is 3. The molecule has 0 bridgehead atoms. The first-order valence-electron chi connectivity index (χ1n) is 6.17. The van der Waals surface area contributed by atoms with E-state index in [2.05, 4.69) is 17.0 Å². The van der Waals surface area contributed by atoms with Crippen LogP contribution in [0.25, 0.3) is 0 Å². The minimum absolute atomic E-state index is 0.319. The smallest absolute Gasteiger partial charge is 0.138 e. The number of halogens is 1. The molecule has 1 aromatic heterocycles. The van der Waals surface area contributed by atoms with Crippen LogP contribution in [0, 0.1) is 11.8 Å². The number of hydrogen-bond donors (Lipinski definition) is 0. The maximum atomic E-state index is 6.42. The van der Waals surface area contributed by atoms with Crippen molar-refractivity contribution in [1.29, 1.82) is 0 Å². The van der Waals surface area contributed by atoms with E-state index in [4.69, 9.17) is 11.6 Å². The summed E-state index contributed by atoms with van der Waals surface area (Å²) in [6, 6.07) is 0. The van der Waals surface area contributed by atoms with Crippen molar-refractivity contribution in [3.63, 3.8) is 0 Å². The molecule has 0 radical (unpaired) electrons. The first-order chi connectivity index (χ1) is 7.70. The van der Waals surface area contributed by atoms with Crippen molar-refractivity contribution in [1.82, 2.24) is 14.8 Å². The zero-order valence-electron chi connectivity index (χ0n) is 10.1. The molecular weight excluding hydrogens is 222 g/mol. The molecule has 1 aromatic rings. The summed E-state index contributed by atoms with van der Waals surface area (Å²) in [5, 5.41) is 4.43. The van der Waals surface area contributed by atoms with Gasteiger partial charge in [0.15, 0.2) is 0 Å². The average Bonchev–Trinajstić information content (AvgIpc) is 2.68. The second kappa shape index (κ2) is 5.17. The molecule has 3 atom stereocenters. The van der Waals surface area contributed by atoms with E-state index in [1.807, 2.05) is 11.7 Å². The predicted molar refractivity (Wildman–Crippen MR) is 65.5 cm³/mol. The monoisotopic (exact) mass is 241 g/mol. The van der Waals surface area contributed by atoms with Crippen molar-refractivity contribution < 1.29 is 0 Å². The molecule has 1 fully saturated rings. The van der Waals surface area contributed by atoms with E-state index in [0.717, 1.165) is 24.6 Å². The fourth-order valence-corrected chi connectivity index (χ4v) is 2.96. The lowest BCUT2D eigenvalue weighted by Crippen LogP contribution is -2.27. The molecule has 0 aromatic carbocycles. The summed E-state index contributed by atoms with van der Waals surface area (Å²) in [7, 11) is 1.95. The van der Waals surface area contributed by atoms with Crippen molar-refractivity contribution in [2.24, 2.45) is 18.9 Å². The average molecular weight is 242 g/mol. The fourth-order valence-electron chi connectivity index (χ4n) is 2.65. The summed E-state index contributed by atoms with van der Waals surface area (Å²) < 4.78 is 1.86. The highest BCUT2D eigenvalue weighted by atomic mass is 35.5. The molecule has 3 nitrogen and oxygen atoms in total. The molecule has 0 saturated heterocycles. The van der Waals surface area contributed by atoms with Gasteiger partial charge < -0.3 is 0 Å². The molecule has 90 valence electrons. The zero-order valence-corrected chi connectivity index (χ0v) is 10.8. The van der Waals surface area contributed by atoms with Gasteiger partial charge in [0.1, 0.15) is 12.2 Å². The Hall–Kier alpha value is -0.570. The molecule has 4 heteroatoms. The number of nitrogens with zero attached hydrogens (tertiary/aromatic N) is 3. The Bertz CT molecular complexity index is 337. The van der Waals surface area contributed by atoms with Gasteiger partial charge in [-0.15, -0.1) is 11.6 Å². The Morgan fingerprint density at radius 2 is 2.31 bits per heavy atom. The van der Waals surface area contributed by atoms with Crippen LogP contribution in [0.15, 0.2) is 6.33 Å². The molecule has 0 N–H and O–H groups in total. The van der Waals surface area contributed by atoms with Crippen molar-refractivity contribution >= 4 is 11.6 Å². The van der Waals surface area contributed by atoms with Crippen LogP contribution >= 0.6 is 11.6 Å². The Morgan fingerprint density at radius 3 is 2.94 bits per heavy atom. The molecule has 0 amide bonds. The van der Waals surface area contributed by atoms with Crippen LogP contribution in [0.4, 0.5) is 0 Å². The topological polar surface area (TPSA) is 30.7 Å². The van der Waals surface area contributed by atoms with Crippen LogP contribution in [0.5, 0.6) is 0 Å². The normalized spacial score (nSPS) is 30.6. The van der Waals surface area contributed by atoms with E-state index in [1.165, 1.54) is 19.3 Å². The summed E-state index contributed by atoms with van der Waals surface area (Å²) in [4.78, 5) is 4.29. The summed E-state index contributed by atoms with van der Waals surface area (Å²) in [6.07, 6.45) is 7.57. The first kappa shape index (κ1) is 11.9. The van der Waals surface area contributed by atoms with Crippen LogP contribution in [0.3, 0.4) is 0 Å². The summed E-state index contributed by atoms with van der Waals surface area (Å²) in [5.41, 5.74) is 0. The molecule has 0 spiro atoms. The van der Waals surface area contributed by atoms with Gasteiger partial charge in [-0.1, -0.05) is 13.3 Å². The summed E-state index contributed by atoms with van der Waals surface area (Å²) in [5.74, 6) is 2.49. The standard InChI is InChI=1S/C12H20ClN3/c1-3-9-4-5-11(13)10(6-9)7-12-14-8-15-16(12)2/h8-11H,3-7H2,1-2H3. The van der Waals surface area contributed by atoms with Crippen molar-refractivity contribution in [2.75, 3.05) is 0 Å². The van der Waals surface area contributed by atoms with Crippen molar-refractivity contribution in [3.8, 4) is 0 Å². The van der Waals surface area contributed by atoms with Gasteiger partial charge in [0.25, 0.3) is 0 Å². The number of aromatic nitrogens is 3. The Balaban J connectivity index is 1.99. The highest BCUT2D eigenvalue weighted by molar-refractivity contribution is 6.20. The van der Waals surface area contributed by atoms with Gasteiger partial charge in [-0.2, -0.15) is 5.10 Å². The Morgan fingerprint density at radius 1 is 1.50 bits per heavy atom. The number of alkyl halides is 1. The Kier molecular flexibility index (Phi) is 3.85. The SMILES string of the molecule is CCC1CCC(Cl)C(Cc2ncnn2C)C1. The van der Waals surface area contributed by atoms with E-state index in [-0.39, 0.29) is 0 Å². The lowest BCUT2D eigenvalue weighted by atomic mass is 9.78. The van der Waals surface area contributed by atoms with Gasteiger partial charge in [-0.05, 0) is 31.1 Å². The quantitative estimate of drug-likeness (QED) is 0.762. The second-order valence-electron chi connectivity index (χ2n) is 4.87. The number of aryl methyl sites for hydroxylation is 1. The largest absolute Gasteiger partial charge is 0.253 e. The van der Waals surface area contributed by atoms with E-state index in [1.54, 1.807) is 6.33 Å². The van der Waals surface area contributed by atoms with Gasteiger partial charge in [-0.25, -0.2) is 4.98 Å².